The van der Waals surface area contributed by atoms with Crippen LogP contribution in [0.2, 0.25) is 0 Å². The van der Waals surface area contributed by atoms with Gasteiger partial charge in [-0.15, -0.1) is 5.10 Å². The minimum Gasteiger partial charge on any atom is -0.497 e. The Labute approximate surface area is 184 Å². The number of nitrogens with one attached hydrogen (secondary N) is 1. The molecule has 0 radical (unpaired) electrons. The van der Waals surface area contributed by atoms with E-state index in [0.717, 1.165) is 0 Å². The Morgan fingerprint density at radius 1 is 0.906 bits per heavy atom. The molecule has 0 saturated carbocycles. The van der Waals surface area contributed by atoms with E-state index < -0.39 is 10.0 Å². The van der Waals surface area contributed by atoms with Crippen LogP contribution < -0.4 is 14.2 Å². The molecule has 0 amide bonds. The molecule has 1 N–H and O–H groups in total. The monoisotopic (exact) mass is 447 g/mol. The molecule has 3 aromatic carbocycles. The van der Waals surface area contributed by atoms with E-state index in [1.807, 2.05) is 6.07 Å². The summed E-state index contributed by atoms with van der Waals surface area (Å²) in [6.45, 7) is 0. The zero-order valence-electron chi connectivity index (χ0n) is 16.8. The average Bonchev–Trinajstić information content (AvgIpc) is 3.28. The summed E-state index contributed by atoms with van der Waals surface area (Å²) in [7, 11) is -2.32. The van der Waals surface area contributed by atoms with Crippen molar-refractivity contribution in [2.75, 3.05) is 11.8 Å². The fraction of sp³-hybridized carbons (Fsp3) is 0.0455. The van der Waals surface area contributed by atoms with Crippen LogP contribution in [0.15, 0.2) is 84.0 Å². The van der Waals surface area contributed by atoms with E-state index in [1.54, 1.807) is 67.8 Å². The first-order chi connectivity index (χ1) is 15.5. The molecule has 32 heavy (non-hydrogen) atoms. The van der Waals surface area contributed by atoms with Crippen LogP contribution >= 0.6 is 0 Å². The van der Waals surface area contributed by atoms with Crippen LogP contribution in [0.25, 0.3) is 5.69 Å². The molecule has 0 aliphatic carbocycles. The highest BCUT2D eigenvalue weighted by molar-refractivity contribution is 7.92. The first kappa shape index (κ1) is 20.9. The Kier molecular flexibility index (Phi) is 5.74. The summed E-state index contributed by atoms with van der Waals surface area (Å²) < 4.78 is 39.9. The Hall–Kier alpha value is -4.36. The predicted octanol–water partition coefficient (Wildman–Crippen LogP) is 3.74. The van der Waals surface area contributed by atoms with Gasteiger partial charge in [-0.1, -0.05) is 0 Å². The van der Waals surface area contributed by atoms with E-state index in [-0.39, 0.29) is 10.8 Å². The van der Waals surface area contributed by atoms with Gasteiger partial charge in [-0.25, -0.2) is 17.8 Å². The number of sulfonamides is 1. The number of nitrogens with zero attached hydrogens (tertiary/aromatic N) is 4. The maximum Gasteiger partial charge on any atom is 0.264 e. The first-order valence-corrected chi connectivity index (χ1v) is 10.8. The fourth-order valence-corrected chi connectivity index (χ4v) is 3.71. The Balaban J connectivity index is 1.45. The zero-order chi connectivity index (χ0) is 22.6. The normalized spacial score (nSPS) is 10.9. The van der Waals surface area contributed by atoms with Gasteiger partial charge in [0.1, 0.15) is 23.6 Å². The Morgan fingerprint density at radius 2 is 1.50 bits per heavy atom. The third-order valence-corrected chi connectivity index (χ3v) is 5.75. The maximum absolute atomic E-state index is 12.7. The smallest absolute Gasteiger partial charge is 0.264 e. The predicted molar refractivity (Wildman–Crippen MR) is 116 cm³/mol. The molecule has 4 aromatic rings. The van der Waals surface area contributed by atoms with Crippen molar-refractivity contribution in [1.29, 1.82) is 5.26 Å². The highest BCUT2D eigenvalue weighted by atomic mass is 32.2. The maximum atomic E-state index is 12.7. The van der Waals surface area contributed by atoms with E-state index in [2.05, 4.69) is 14.8 Å². The average molecular weight is 447 g/mol. The lowest BCUT2D eigenvalue weighted by atomic mass is 10.2. The highest BCUT2D eigenvalue weighted by Crippen LogP contribution is 2.25. The van der Waals surface area contributed by atoms with E-state index in [0.29, 0.717) is 28.5 Å². The summed E-state index contributed by atoms with van der Waals surface area (Å²) in [5, 5.41) is 13.0. The summed E-state index contributed by atoms with van der Waals surface area (Å²) >= 11 is 0. The molecule has 0 fully saturated rings. The van der Waals surface area contributed by atoms with Crippen LogP contribution in [0.1, 0.15) is 5.56 Å². The number of rotatable bonds is 7. The number of hydrogen-bond donors (Lipinski definition) is 1. The van der Waals surface area contributed by atoms with Gasteiger partial charge in [0, 0.05) is 0 Å². The standard InChI is InChI=1S/C22H17N5O4S/c1-30-18-6-8-19(9-7-18)31-20-10-12-21(13-11-20)32(28,29)26-22-24-15-27(25-22)17-4-2-16(14-23)3-5-17/h2-13,15H,1H3,(H,25,26). The van der Waals surface area contributed by atoms with Gasteiger partial charge in [-0.05, 0) is 72.8 Å². The molecule has 0 saturated heterocycles. The molecule has 1 aromatic heterocycles. The third-order valence-electron chi connectivity index (χ3n) is 4.41. The van der Waals surface area contributed by atoms with Gasteiger partial charge in [0.15, 0.2) is 0 Å². The van der Waals surface area contributed by atoms with Crippen LogP contribution in [0.4, 0.5) is 5.95 Å². The first-order valence-electron chi connectivity index (χ1n) is 9.34. The quantitative estimate of drug-likeness (QED) is 0.458. The molecule has 0 unspecified atom stereocenters. The number of hydrogen-bond acceptors (Lipinski definition) is 7. The second-order valence-electron chi connectivity index (χ2n) is 6.53. The van der Waals surface area contributed by atoms with Crippen molar-refractivity contribution < 1.29 is 17.9 Å². The molecule has 0 aliphatic rings. The largest absolute Gasteiger partial charge is 0.497 e. The molecule has 0 aliphatic heterocycles. The molecule has 160 valence electrons. The van der Waals surface area contributed by atoms with Crippen LogP contribution in [-0.2, 0) is 10.0 Å². The topological polar surface area (TPSA) is 119 Å². The van der Waals surface area contributed by atoms with Crippen molar-refractivity contribution in [3.63, 3.8) is 0 Å². The molecule has 4 rings (SSSR count). The lowest BCUT2D eigenvalue weighted by Gasteiger charge is -2.08. The van der Waals surface area contributed by atoms with Gasteiger partial charge in [0.25, 0.3) is 16.0 Å². The number of ether oxygens (including phenoxy) is 2. The zero-order valence-corrected chi connectivity index (χ0v) is 17.7. The summed E-state index contributed by atoms with van der Waals surface area (Å²) in [6, 6.07) is 21.7. The van der Waals surface area contributed by atoms with Crippen LogP contribution in [0.5, 0.6) is 17.2 Å². The van der Waals surface area contributed by atoms with Gasteiger partial charge in [-0.3, -0.25) is 0 Å². The lowest BCUT2D eigenvalue weighted by Crippen LogP contribution is -2.14. The van der Waals surface area contributed by atoms with Gasteiger partial charge >= 0.3 is 0 Å². The molecular weight excluding hydrogens is 430 g/mol. The minimum absolute atomic E-state index is 0.0364. The molecule has 10 heteroatoms. The SMILES string of the molecule is COc1ccc(Oc2ccc(S(=O)(=O)Nc3ncn(-c4ccc(C#N)cc4)n3)cc2)cc1. The molecule has 0 atom stereocenters. The van der Waals surface area contributed by atoms with Crippen molar-refractivity contribution in [3.05, 3.63) is 84.7 Å². The molecule has 1 heterocycles. The molecule has 0 bridgehead atoms. The van der Waals surface area contributed by atoms with E-state index in [9.17, 15) is 8.42 Å². The van der Waals surface area contributed by atoms with Crippen molar-refractivity contribution in [2.24, 2.45) is 0 Å². The number of methoxy groups -OCH3 is 1. The van der Waals surface area contributed by atoms with E-state index >= 15 is 0 Å². The van der Waals surface area contributed by atoms with Gasteiger partial charge in [-0.2, -0.15) is 10.2 Å². The number of anilines is 1. The van der Waals surface area contributed by atoms with Gasteiger partial charge in [0.2, 0.25) is 0 Å². The van der Waals surface area contributed by atoms with Crippen molar-refractivity contribution in [3.8, 4) is 29.0 Å². The highest BCUT2D eigenvalue weighted by Gasteiger charge is 2.17. The van der Waals surface area contributed by atoms with Crippen molar-refractivity contribution in [1.82, 2.24) is 14.8 Å². The summed E-state index contributed by atoms with van der Waals surface area (Å²) in [5.41, 5.74) is 1.15. The fourth-order valence-electron chi connectivity index (χ4n) is 2.77. The molecular formula is C22H17N5O4S. The van der Waals surface area contributed by atoms with Crippen molar-refractivity contribution in [2.45, 2.75) is 4.90 Å². The Morgan fingerprint density at radius 3 is 2.09 bits per heavy atom. The third kappa shape index (κ3) is 4.69. The second kappa shape index (κ2) is 8.79. The lowest BCUT2D eigenvalue weighted by molar-refractivity contribution is 0.413. The second-order valence-corrected chi connectivity index (χ2v) is 8.21. The van der Waals surface area contributed by atoms with Crippen LogP contribution in [0.3, 0.4) is 0 Å². The summed E-state index contributed by atoms with van der Waals surface area (Å²) in [5.74, 6) is 1.71. The van der Waals surface area contributed by atoms with Gasteiger partial charge in [0.05, 0.1) is 29.3 Å². The van der Waals surface area contributed by atoms with E-state index in [4.69, 9.17) is 14.7 Å². The number of benzene rings is 3. The number of nitriles is 1. The van der Waals surface area contributed by atoms with Gasteiger partial charge < -0.3 is 9.47 Å². The molecule has 9 nitrogen and oxygen atoms in total. The number of aromatic nitrogens is 3. The van der Waals surface area contributed by atoms with Crippen LogP contribution in [0, 0.1) is 11.3 Å². The minimum atomic E-state index is -3.89. The Bertz CT molecular complexity index is 1360. The summed E-state index contributed by atoms with van der Waals surface area (Å²) in [4.78, 5) is 4.03. The van der Waals surface area contributed by atoms with E-state index in [1.165, 1.54) is 23.1 Å². The van der Waals surface area contributed by atoms with Crippen molar-refractivity contribution >= 4 is 16.0 Å². The summed E-state index contributed by atoms with van der Waals surface area (Å²) in [6.07, 6.45) is 1.38. The molecule has 0 spiro atoms. The van der Waals surface area contributed by atoms with Crippen LogP contribution in [-0.4, -0.2) is 30.3 Å².